The summed E-state index contributed by atoms with van der Waals surface area (Å²) in [6, 6.07) is 12.7. The van der Waals surface area contributed by atoms with Gasteiger partial charge < -0.3 is 10.6 Å². The van der Waals surface area contributed by atoms with Crippen LogP contribution in [0.5, 0.6) is 0 Å². The molecule has 1 saturated carbocycles. The molecule has 0 atom stereocenters. The van der Waals surface area contributed by atoms with Crippen LogP contribution >= 0.6 is 46.3 Å². The number of hydrogen-bond acceptors (Lipinski definition) is 5. The van der Waals surface area contributed by atoms with Gasteiger partial charge in [-0.05, 0) is 55.3 Å². The van der Waals surface area contributed by atoms with E-state index in [4.69, 9.17) is 23.2 Å². The Labute approximate surface area is 192 Å². The highest BCUT2D eigenvalue weighted by Crippen LogP contribution is 2.33. The van der Waals surface area contributed by atoms with Crippen molar-refractivity contribution in [1.82, 2.24) is 4.98 Å². The number of carbonyl (C=O) groups excluding carboxylic acids is 2. The van der Waals surface area contributed by atoms with Crippen molar-refractivity contribution < 1.29 is 9.59 Å². The molecule has 0 radical (unpaired) electrons. The third-order valence-electron chi connectivity index (χ3n) is 4.40. The number of nitrogens with zero attached hydrogens (tertiary/aromatic N) is 1. The van der Waals surface area contributed by atoms with Crippen molar-refractivity contribution in [2.24, 2.45) is 5.92 Å². The molecule has 0 bridgehead atoms. The van der Waals surface area contributed by atoms with Gasteiger partial charge in [0.2, 0.25) is 11.8 Å². The first-order chi connectivity index (χ1) is 14.5. The molecule has 4 rings (SSSR count). The molecule has 5 nitrogen and oxygen atoms in total. The minimum absolute atomic E-state index is 0.0810. The number of hydrogen-bond donors (Lipinski definition) is 2. The fourth-order valence-electron chi connectivity index (χ4n) is 2.68. The van der Waals surface area contributed by atoms with Gasteiger partial charge in [0.15, 0.2) is 5.13 Å². The van der Waals surface area contributed by atoms with Gasteiger partial charge in [0.05, 0.1) is 16.5 Å². The van der Waals surface area contributed by atoms with Crippen LogP contribution in [-0.4, -0.2) is 22.6 Å². The molecule has 2 aromatic carbocycles. The van der Waals surface area contributed by atoms with E-state index in [2.05, 4.69) is 15.6 Å². The molecule has 0 unspecified atom stereocenters. The van der Waals surface area contributed by atoms with Gasteiger partial charge in [-0.15, -0.1) is 23.1 Å². The van der Waals surface area contributed by atoms with Crippen molar-refractivity contribution in [1.29, 1.82) is 0 Å². The molecule has 0 aliphatic heterocycles. The summed E-state index contributed by atoms with van der Waals surface area (Å²) < 4.78 is 0. The molecule has 3 aromatic rings. The molecule has 1 heterocycles. The highest BCUT2D eigenvalue weighted by atomic mass is 35.5. The largest absolute Gasteiger partial charge is 0.326 e. The summed E-state index contributed by atoms with van der Waals surface area (Å²) in [5.74, 6) is 0.362. The van der Waals surface area contributed by atoms with Crippen molar-refractivity contribution in [3.63, 3.8) is 0 Å². The zero-order chi connectivity index (χ0) is 21.1. The molecule has 2 N–H and O–H groups in total. The standard InChI is InChI=1S/C21H17Cl2N3O2S2/c22-13-3-8-16(17(23)9-13)18-10-30-21(25-18)26-19(27)11-29-15-6-4-14(5-7-15)24-20(28)12-1-2-12/h3-10,12H,1-2,11H2,(H,24,28)(H,25,26,27). The molecule has 0 spiro atoms. The normalized spacial score (nSPS) is 13.1. The van der Waals surface area contributed by atoms with E-state index in [9.17, 15) is 9.59 Å². The summed E-state index contributed by atoms with van der Waals surface area (Å²) in [7, 11) is 0. The number of amides is 2. The van der Waals surface area contributed by atoms with Crippen LogP contribution < -0.4 is 10.6 Å². The molecule has 30 heavy (non-hydrogen) atoms. The maximum atomic E-state index is 12.3. The van der Waals surface area contributed by atoms with Crippen molar-refractivity contribution in [2.45, 2.75) is 17.7 Å². The second kappa shape index (κ2) is 9.39. The second-order valence-corrected chi connectivity index (χ2v) is 9.54. The third-order valence-corrected chi connectivity index (χ3v) is 6.72. The lowest BCUT2D eigenvalue weighted by Gasteiger charge is -2.06. The van der Waals surface area contributed by atoms with E-state index in [-0.39, 0.29) is 23.5 Å². The fourth-order valence-corrected chi connectivity index (χ4v) is 4.61. The van der Waals surface area contributed by atoms with E-state index in [1.807, 2.05) is 29.6 Å². The first kappa shape index (κ1) is 21.2. The molecule has 1 aliphatic rings. The summed E-state index contributed by atoms with van der Waals surface area (Å²) >= 11 is 14.9. The number of anilines is 2. The Morgan fingerprint density at radius 3 is 2.57 bits per heavy atom. The predicted molar refractivity (Wildman–Crippen MR) is 125 cm³/mol. The molecule has 9 heteroatoms. The Morgan fingerprint density at radius 1 is 1.10 bits per heavy atom. The van der Waals surface area contributed by atoms with E-state index >= 15 is 0 Å². The minimum Gasteiger partial charge on any atom is -0.326 e. The number of carbonyl (C=O) groups is 2. The molecule has 154 valence electrons. The smallest absolute Gasteiger partial charge is 0.236 e. The van der Waals surface area contributed by atoms with Gasteiger partial charge in [-0.1, -0.05) is 23.2 Å². The van der Waals surface area contributed by atoms with E-state index < -0.39 is 0 Å². The van der Waals surface area contributed by atoms with Crippen LogP contribution in [0.2, 0.25) is 10.0 Å². The average molecular weight is 478 g/mol. The molecule has 1 aliphatic carbocycles. The minimum atomic E-state index is -0.144. The first-order valence-corrected chi connectivity index (χ1v) is 11.8. The maximum Gasteiger partial charge on any atom is 0.236 e. The molecule has 2 amide bonds. The lowest BCUT2D eigenvalue weighted by Crippen LogP contribution is -2.14. The summed E-state index contributed by atoms with van der Waals surface area (Å²) in [5.41, 5.74) is 2.23. The van der Waals surface area contributed by atoms with Gasteiger partial charge >= 0.3 is 0 Å². The van der Waals surface area contributed by atoms with E-state index in [1.54, 1.807) is 18.2 Å². The molecule has 0 saturated heterocycles. The van der Waals surface area contributed by atoms with Crippen LogP contribution in [0.3, 0.4) is 0 Å². The summed E-state index contributed by atoms with van der Waals surface area (Å²) in [6.45, 7) is 0. The van der Waals surface area contributed by atoms with Crippen LogP contribution in [0.15, 0.2) is 52.7 Å². The maximum absolute atomic E-state index is 12.3. The lowest BCUT2D eigenvalue weighted by atomic mass is 10.2. The Bertz CT molecular complexity index is 1080. The molecular formula is C21H17Cl2N3O2S2. The van der Waals surface area contributed by atoms with Crippen LogP contribution in [0, 0.1) is 5.92 Å². The highest BCUT2D eigenvalue weighted by molar-refractivity contribution is 8.00. The van der Waals surface area contributed by atoms with Gasteiger partial charge in [-0.3, -0.25) is 9.59 Å². The summed E-state index contributed by atoms with van der Waals surface area (Å²) in [6.07, 6.45) is 1.95. The number of aromatic nitrogens is 1. The molecule has 1 fully saturated rings. The number of rotatable bonds is 7. The predicted octanol–water partition coefficient (Wildman–Crippen LogP) is 6.20. The Kier molecular flexibility index (Phi) is 6.63. The van der Waals surface area contributed by atoms with E-state index in [0.717, 1.165) is 29.0 Å². The number of thiazole rings is 1. The zero-order valence-electron chi connectivity index (χ0n) is 15.7. The van der Waals surface area contributed by atoms with Crippen molar-refractivity contribution in [3.05, 3.63) is 57.9 Å². The zero-order valence-corrected chi connectivity index (χ0v) is 18.8. The Morgan fingerprint density at radius 2 is 1.87 bits per heavy atom. The van der Waals surface area contributed by atoms with Gasteiger partial charge in [-0.25, -0.2) is 4.98 Å². The number of nitrogens with one attached hydrogen (secondary N) is 2. The van der Waals surface area contributed by atoms with Crippen molar-refractivity contribution in [3.8, 4) is 11.3 Å². The lowest BCUT2D eigenvalue weighted by molar-refractivity contribution is -0.117. The Balaban J connectivity index is 1.28. The average Bonchev–Trinajstić information content (AvgIpc) is 3.48. The first-order valence-electron chi connectivity index (χ1n) is 9.22. The van der Waals surface area contributed by atoms with Gasteiger partial charge in [0.25, 0.3) is 0 Å². The third kappa shape index (κ3) is 5.55. The van der Waals surface area contributed by atoms with Gasteiger partial charge in [-0.2, -0.15) is 0 Å². The topological polar surface area (TPSA) is 71.1 Å². The number of halogens is 2. The van der Waals surface area contributed by atoms with E-state index in [0.29, 0.717) is 20.9 Å². The quantitative estimate of drug-likeness (QED) is 0.397. The summed E-state index contributed by atoms with van der Waals surface area (Å²) in [4.78, 5) is 29.4. The van der Waals surface area contributed by atoms with E-state index in [1.165, 1.54) is 23.1 Å². The fraction of sp³-hybridized carbons (Fsp3) is 0.190. The molecular weight excluding hydrogens is 461 g/mol. The van der Waals surface area contributed by atoms with Crippen LogP contribution in [0.25, 0.3) is 11.3 Å². The second-order valence-electron chi connectivity index (χ2n) is 6.79. The van der Waals surface area contributed by atoms with Crippen molar-refractivity contribution in [2.75, 3.05) is 16.4 Å². The van der Waals surface area contributed by atoms with Gasteiger partial charge in [0.1, 0.15) is 0 Å². The number of benzene rings is 2. The van der Waals surface area contributed by atoms with Crippen molar-refractivity contribution >= 4 is 68.9 Å². The Hall–Kier alpha value is -2.06. The monoisotopic (exact) mass is 477 g/mol. The molecule has 1 aromatic heterocycles. The van der Waals surface area contributed by atoms with Crippen LogP contribution in [0.1, 0.15) is 12.8 Å². The van der Waals surface area contributed by atoms with Gasteiger partial charge in [0, 0.05) is 32.5 Å². The number of thioether (sulfide) groups is 1. The highest BCUT2D eigenvalue weighted by Gasteiger charge is 2.29. The van der Waals surface area contributed by atoms with Crippen LogP contribution in [-0.2, 0) is 9.59 Å². The SMILES string of the molecule is O=C(CSc1ccc(NC(=O)C2CC2)cc1)Nc1nc(-c2ccc(Cl)cc2Cl)cs1. The summed E-state index contributed by atoms with van der Waals surface area (Å²) in [5, 5.41) is 9.14. The van der Waals surface area contributed by atoms with Crippen LogP contribution in [0.4, 0.5) is 10.8 Å².